The average molecular weight is 492 g/mol. The van der Waals surface area contributed by atoms with E-state index < -0.39 is 11.5 Å². The molecule has 0 aromatic carbocycles. The number of halogens is 3. The van der Waals surface area contributed by atoms with Crippen LogP contribution in [-0.2, 0) is 9.53 Å². The van der Waals surface area contributed by atoms with E-state index in [0.717, 1.165) is 38.5 Å². The fraction of sp³-hybridized carbons (Fsp3) is 0.909. The van der Waals surface area contributed by atoms with Crippen LogP contribution in [-0.4, -0.2) is 60.3 Å². The Kier molecular flexibility index (Phi) is 8.90. The second-order valence-corrected chi connectivity index (χ2v) is 10.9. The zero-order chi connectivity index (χ0) is 22.5. The number of carbonyl (C=O) groups is 1. The molecule has 2 aliphatic heterocycles. The minimum Gasteiger partial charge on any atom is -0.381 e. The van der Waals surface area contributed by atoms with Crippen LogP contribution >= 0.6 is 23.2 Å². The SMILES string of the molecule is O=C(N/C(=N\C1CC(C2CCCC(Cl)C2)NN1)NC1CCOCC1)C1CCC(Cl)C(F)C1. The molecule has 4 rings (SSSR count). The number of alkyl halides is 3. The van der Waals surface area contributed by atoms with Crippen LogP contribution in [0.4, 0.5) is 4.39 Å². The number of nitrogens with zero attached hydrogens (tertiary/aromatic N) is 1. The lowest BCUT2D eigenvalue weighted by atomic mass is 9.83. The van der Waals surface area contributed by atoms with Crippen molar-refractivity contribution in [3.8, 4) is 0 Å². The maximum absolute atomic E-state index is 14.1. The Labute approximate surface area is 199 Å². The Morgan fingerprint density at radius 2 is 1.81 bits per heavy atom. The molecule has 7 unspecified atom stereocenters. The summed E-state index contributed by atoms with van der Waals surface area (Å²) in [5.74, 6) is 0.429. The number of guanidine groups is 1. The Morgan fingerprint density at radius 3 is 2.56 bits per heavy atom. The standard InChI is InChI=1S/C22H36Cl2FN5O2/c23-15-3-1-2-13(10-15)19-12-20(30-29-19)27-22(26-16-6-8-32-9-7-16)28-21(31)14-4-5-17(24)18(25)11-14/h13-20,29-30H,1-12H2,(H2,26,27,28,31). The molecular weight excluding hydrogens is 456 g/mol. The number of hydrogen-bond donors (Lipinski definition) is 4. The summed E-state index contributed by atoms with van der Waals surface area (Å²) >= 11 is 12.4. The molecule has 0 spiro atoms. The predicted octanol–water partition coefficient (Wildman–Crippen LogP) is 2.96. The van der Waals surface area contributed by atoms with E-state index in [9.17, 15) is 9.18 Å². The van der Waals surface area contributed by atoms with E-state index in [1.54, 1.807) is 0 Å². The molecule has 4 fully saturated rings. The molecule has 0 bridgehead atoms. The largest absolute Gasteiger partial charge is 0.381 e. The molecule has 2 heterocycles. The van der Waals surface area contributed by atoms with Gasteiger partial charge in [0, 0.05) is 43.0 Å². The normalized spacial score (nSPS) is 39.6. The van der Waals surface area contributed by atoms with Crippen LogP contribution in [0.25, 0.3) is 0 Å². The number of ether oxygens (including phenoxy) is 1. The zero-order valence-corrected chi connectivity index (χ0v) is 20.0. The van der Waals surface area contributed by atoms with Gasteiger partial charge in [0.1, 0.15) is 12.3 Å². The number of nitrogens with one attached hydrogen (secondary N) is 4. The molecule has 7 nitrogen and oxygen atoms in total. The summed E-state index contributed by atoms with van der Waals surface area (Å²) < 4.78 is 19.5. The summed E-state index contributed by atoms with van der Waals surface area (Å²) in [6.07, 6.45) is 6.99. The minimum atomic E-state index is -1.15. The molecule has 0 aromatic rings. The quantitative estimate of drug-likeness (QED) is 0.276. The number of rotatable bonds is 4. The van der Waals surface area contributed by atoms with Gasteiger partial charge in [-0.25, -0.2) is 14.8 Å². The summed E-state index contributed by atoms with van der Waals surface area (Å²) in [5.41, 5.74) is 6.67. The first kappa shape index (κ1) is 24.5. The number of hydrazine groups is 1. The van der Waals surface area contributed by atoms with E-state index in [-0.39, 0.29) is 35.8 Å². The van der Waals surface area contributed by atoms with Crippen molar-refractivity contribution >= 4 is 35.1 Å². The molecule has 10 heteroatoms. The highest BCUT2D eigenvalue weighted by Crippen LogP contribution is 2.33. The lowest BCUT2D eigenvalue weighted by Gasteiger charge is -2.30. The van der Waals surface area contributed by atoms with Crippen LogP contribution in [0.1, 0.15) is 64.2 Å². The van der Waals surface area contributed by atoms with Crippen molar-refractivity contribution in [3.05, 3.63) is 0 Å². The third-order valence-electron chi connectivity index (χ3n) is 7.28. The summed E-state index contributed by atoms with van der Waals surface area (Å²) in [5, 5.41) is 6.12. The predicted molar refractivity (Wildman–Crippen MR) is 124 cm³/mol. The molecule has 2 aliphatic carbocycles. The zero-order valence-electron chi connectivity index (χ0n) is 18.5. The first-order chi connectivity index (χ1) is 15.5. The molecule has 0 radical (unpaired) electrons. The highest BCUT2D eigenvalue weighted by Gasteiger charge is 2.35. The molecular formula is C22H36Cl2FN5O2. The van der Waals surface area contributed by atoms with Gasteiger partial charge in [0.25, 0.3) is 0 Å². The van der Waals surface area contributed by atoms with Crippen LogP contribution in [0.3, 0.4) is 0 Å². The van der Waals surface area contributed by atoms with E-state index in [2.05, 4.69) is 21.5 Å². The van der Waals surface area contributed by atoms with Crippen LogP contribution < -0.4 is 21.5 Å². The average Bonchev–Trinajstić information content (AvgIpc) is 3.25. The Hall–Kier alpha value is -0.670. The number of carbonyl (C=O) groups excluding carboxylic acids is 1. The van der Waals surface area contributed by atoms with Gasteiger partial charge in [-0.05, 0) is 57.3 Å². The Morgan fingerprint density at radius 1 is 1.00 bits per heavy atom. The monoisotopic (exact) mass is 491 g/mol. The van der Waals surface area contributed by atoms with E-state index in [1.807, 2.05) is 0 Å². The van der Waals surface area contributed by atoms with Gasteiger partial charge in [0.2, 0.25) is 5.91 Å². The molecule has 1 amide bonds. The van der Waals surface area contributed by atoms with Crippen molar-refractivity contribution in [2.24, 2.45) is 16.8 Å². The van der Waals surface area contributed by atoms with E-state index in [0.29, 0.717) is 44.0 Å². The van der Waals surface area contributed by atoms with Crippen LogP contribution in [0.5, 0.6) is 0 Å². The molecule has 7 atom stereocenters. The Balaban J connectivity index is 1.38. The minimum absolute atomic E-state index is 0.147. The molecule has 32 heavy (non-hydrogen) atoms. The van der Waals surface area contributed by atoms with Crippen LogP contribution in [0, 0.1) is 11.8 Å². The number of aliphatic imine (C=N–C) groups is 1. The molecule has 2 saturated heterocycles. The van der Waals surface area contributed by atoms with E-state index in [4.69, 9.17) is 32.9 Å². The van der Waals surface area contributed by atoms with Gasteiger partial charge in [-0.15, -0.1) is 23.2 Å². The topological polar surface area (TPSA) is 86.8 Å². The fourth-order valence-electron chi connectivity index (χ4n) is 5.32. The van der Waals surface area contributed by atoms with Crippen molar-refractivity contribution in [2.45, 2.75) is 99.4 Å². The molecule has 0 aromatic heterocycles. The second kappa shape index (κ2) is 11.6. The van der Waals surface area contributed by atoms with Crippen LogP contribution in [0.2, 0.25) is 0 Å². The maximum Gasteiger partial charge on any atom is 0.229 e. The third-order valence-corrected chi connectivity index (χ3v) is 8.17. The first-order valence-electron chi connectivity index (χ1n) is 12.1. The van der Waals surface area contributed by atoms with Gasteiger partial charge >= 0.3 is 0 Å². The van der Waals surface area contributed by atoms with Crippen molar-refractivity contribution in [2.75, 3.05) is 13.2 Å². The lowest BCUT2D eigenvalue weighted by molar-refractivity contribution is -0.125. The highest BCUT2D eigenvalue weighted by atomic mass is 35.5. The van der Waals surface area contributed by atoms with Crippen molar-refractivity contribution in [1.29, 1.82) is 0 Å². The smallest absolute Gasteiger partial charge is 0.229 e. The lowest BCUT2D eigenvalue weighted by Crippen LogP contribution is -2.50. The summed E-state index contributed by atoms with van der Waals surface area (Å²) in [6, 6.07) is 0.507. The summed E-state index contributed by atoms with van der Waals surface area (Å²) in [4.78, 5) is 17.7. The van der Waals surface area contributed by atoms with Crippen molar-refractivity contribution in [3.63, 3.8) is 0 Å². The molecule has 182 valence electrons. The first-order valence-corrected chi connectivity index (χ1v) is 13.0. The highest BCUT2D eigenvalue weighted by molar-refractivity contribution is 6.21. The summed E-state index contributed by atoms with van der Waals surface area (Å²) in [6.45, 7) is 1.38. The van der Waals surface area contributed by atoms with Gasteiger partial charge in [0.15, 0.2) is 5.96 Å². The van der Waals surface area contributed by atoms with Gasteiger partial charge in [0.05, 0.1) is 5.38 Å². The molecule has 4 N–H and O–H groups in total. The molecule has 2 saturated carbocycles. The maximum atomic E-state index is 14.1. The number of amides is 1. The molecule has 4 aliphatic rings. The third kappa shape index (κ3) is 6.69. The Bertz CT molecular complexity index is 666. The van der Waals surface area contributed by atoms with Gasteiger partial charge in [-0.3, -0.25) is 15.5 Å². The number of hydrogen-bond acceptors (Lipinski definition) is 5. The van der Waals surface area contributed by atoms with Crippen molar-refractivity contribution < 1.29 is 13.9 Å². The summed E-state index contributed by atoms with van der Waals surface area (Å²) in [7, 11) is 0. The van der Waals surface area contributed by atoms with Crippen LogP contribution in [0.15, 0.2) is 4.99 Å². The van der Waals surface area contributed by atoms with Crippen molar-refractivity contribution in [1.82, 2.24) is 21.5 Å². The van der Waals surface area contributed by atoms with Gasteiger partial charge in [-0.2, -0.15) is 0 Å². The van der Waals surface area contributed by atoms with E-state index >= 15 is 0 Å². The van der Waals surface area contributed by atoms with Gasteiger partial charge < -0.3 is 10.1 Å². The van der Waals surface area contributed by atoms with Gasteiger partial charge in [-0.1, -0.05) is 6.42 Å². The second-order valence-electron chi connectivity index (χ2n) is 9.71. The fourth-order valence-corrected chi connectivity index (χ4v) is 5.93. The van der Waals surface area contributed by atoms with E-state index in [1.165, 1.54) is 6.42 Å².